The average Bonchev–Trinajstić information content (AvgIpc) is 2.47. The van der Waals surface area contributed by atoms with E-state index in [2.05, 4.69) is 0 Å². The van der Waals surface area contributed by atoms with Crippen molar-refractivity contribution in [3.8, 4) is 0 Å². The highest BCUT2D eigenvalue weighted by Crippen LogP contribution is 2.34. The first kappa shape index (κ1) is 9.01. The summed E-state index contributed by atoms with van der Waals surface area (Å²) in [6.07, 6.45) is 0. The number of nitro benzene ring substituents is 1. The Labute approximate surface area is 80.7 Å². The molecule has 0 bridgehead atoms. The van der Waals surface area contributed by atoms with Crippen LogP contribution in [-0.4, -0.2) is 4.92 Å². The van der Waals surface area contributed by atoms with Crippen LogP contribution >= 0.6 is 11.3 Å². The molecular weight excluding hydrogens is 212 g/mol. The third kappa shape index (κ3) is 1.15. The normalized spacial score (nSPS) is 10.7. The standard InChI is InChI=1S/C8H3F2NO2S/c9-5-2-1-4-6(10)3-14-8(4)7(5)11(12)13/h1-3H. The monoisotopic (exact) mass is 215 g/mol. The molecule has 0 aliphatic carbocycles. The summed E-state index contributed by atoms with van der Waals surface area (Å²) >= 11 is 0.826. The highest BCUT2D eigenvalue weighted by Gasteiger charge is 2.21. The minimum atomic E-state index is -0.940. The van der Waals surface area contributed by atoms with Crippen molar-refractivity contribution in [1.29, 1.82) is 0 Å². The van der Waals surface area contributed by atoms with Gasteiger partial charge in [-0.25, -0.2) is 4.39 Å². The minimum Gasteiger partial charge on any atom is -0.258 e. The van der Waals surface area contributed by atoms with Gasteiger partial charge in [0.25, 0.3) is 0 Å². The fourth-order valence-electron chi connectivity index (χ4n) is 1.20. The first-order valence-corrected chi connectivity index (χ1v) is 4.49. The zero-order valence-corrected chi connectivity index (χ0v) is 7.48. The molecule has 0 aliphatic heterocycles. The molecular formula is C8H3F2NO2S. The molecule has 0 saturated heterocycles. The molecule has 72 valence electrons. The van der Waals surface area contributed by atoms with E-state index in [1.165, 1.54) is 6.07 Å². The van der Waals surface area contributed by atoms with Crippen LogP contribution in [0.25, 0.3) is 10.1 Å². The summed E-state index contributed by atoms with van der Waals surface area (Å²) in [6, 6.07) is 2.10. The number of halogens is 2. The Morgan fingerprint density at radius 2 is 2.00 bits per heavy atom. The molecule has 0 aliphatic rings. The zero-order chi connectivity index (χ0) is 10.3. The molecule has 0 amide bonds. The first-order chi connectivity index (χ1) is 6.61. The quantitative estimate of drug-likeness (QED) is 0.542. The Balaban J connectivity index is 2.90. The summed E-state index contributed by atoms with van der Waals surface area (Å²) in [6.45, 7) is 0. The molecule has 2 aromatic rings. The SMILES string of the molecule is O=[N+]([O-])c1c(F)ccc2c(F)csc12. The van der Waals surface area contributed by atoms with E-state index in [4.69, 9.17) is 0 Å². The lowest BCUT2D eigenvalue weighted by atomic mass is 10.2. The third-order valence-corrected chi connectivity index (χ3v) is 2.78. The van der Waals surface area contributed by atoms with Gasteiger partial charge in [-0.1, -0.05) is 0 Å². The van der Waals surface area contributed by atoms with Crippen LogP contribution < -0.4 is 0 Å². The highest BCUT2D eigenvalue weighted by molar-refractivity contribution is 7.17. The molecule has 1 heterocycles. The van der Waals surface area contributed by atoms with E-state index >= 15 is 0 Å². The van der Waals surface area contributed by atoms with Crippen LogP contribution in [0.15, 0.2) is 17.5 Å². The van der Waals surface area contributed by atoms with Gasteiger partial charge in [-0.05, 0) is 12.1 Å². The van der Waals surface area contributed by atoms with E-state index < -0.39 is 22.2 Å². The molecule has 14 heavy (non-hydrogen) atoms. The summed E-state index contributed by atoms with van der Waals surface area (Å²) in [7, 11) is 0. The van der Waals surface area contributed by atoms with Crippen LogP contribution in [0.2, 0.25) is 0 Å². The maximum absolute atomic E-state index is 13.0. The second-order valence-corrected chi connectivity index (χ2v) is 3.49. The van der Waals surface area contributed by atoms with Crippen molar-refractivity contribution in [2.45, 2.75) is 0 Å². The summed E-state index contributed by atoms with van der Waals surface area (Å²) in [4.78, 5) is 9.66. The maximum atomic E-state index is 13.0. The van der Waals surface area contributed by atoms with Gasteiger partial charge < -0.3 is 0 Å². The van der Waals surface area contributed by atoms with E-state index in [1.54, 1.807) is 0 Å². The molecule has 0 N–H and O–H groups in total. The largest absolute Gasteiger partial charge is 0.322 e. The van der Waals surface area contributed by atoms with Crippen LogP contribution in [0, 0.1) is 21.7 Å². The Bertz CT molecular complexity index is 523. The van der Waals surface area contributed by atoms with Crippen molar-refractivity contribution in [2.75, 3.05) is 0 Å². The second-order valence-electron chi connectivity index (χ2n) is 2.61. The van der Waals surface area contributed by atoms with Crippen LogP contribution in [0.1, 0.15) is 0 Å². The Morgan fingerprint density at radius 3 is 2.64 bits per heavy atom. The molecule has 3 nitrogen and oxygen atoms in total. The van der Waals surface area contributed by atoms with Gasteiger partial charge in [-0.15, -0.1) is 11.3 Å². The second kappa shape index (κ2) is 2.98. The minimum absolute atomic E-state index is 0.0347. The van der Waals surface area contributed by atoms with Gasteiger partial charge in [-0.3, -0.25) is 10.1 Å². The number of hydrogen-bond acceptors (Lipinski definition) is 3. The maximum Gasteiger partial charge on any atom is 0.322 e. The van der Waals surface area contributed by atoms with E-state index in [9.17, 15) is 18.9 Å². The zero-order valence-electron chi connectivity index (χ0n) is 6.66. The van der Waals surface area contributed by atoms with Crippen molar-refractivity contribution >= 4 is 27.1 Å². The number of hydrogen-bond donors (Lipinski definition) is 0. The summed E-state index contributed by atoms with van der Waals surface area (Å²) in [5.41, 5.74) is -0.656. The summed E-state index contributed by atoms with van der Waals surface area (Å²) in [5.74, 6) is -1.50. The fourth-order valence-corrected chi connectivity index (χ4v) is 2.12. The van der Waals surface area contributed by atoms with Crippen molar-refractivity contribution in [2.24, 2.45) is 0 Å². The molecule has 1 aromatic carbocycles. The molecule has 0 atom stereocenters. The fraction of sp³-hybridized carbons (Fsp3) is 0. The van der Waals surface area contributed by atoms with Crippen LogP contribution in [-0.2, 0) is 0 Å². The summed E-state index contributed by atoms with van der Waals surface area (Å²) in [5, 5.41) is 11.7. The van der Waals surface area contributed by atoms with Gasteiger partial charge in [0.2, 0.25) is 5.82 Å². The summed E-state index contributed by atoms with van der Waals surface area (Å²) < 4.78 is 26.0. The predicted molar refractivity (Wildman–Crippen MR) is 48.4 cm³/mol. The van der Waals surface area contributed by atoms with Gasteiger partial charge in [0.1, 0.15) is 10.5 Å². The molecule has 0 spiro atoms. The lowest BCUT2D eigenvalue weighted by Crippen LogP contribution is -1.92. The molecule has 0 fully saturated rings. The van der Waals surface area contributed by atoms with Gasteiger partial charge in [-0.2, -0.15) is 4.39 Å². The van der Waals surface area contributed by atoms with Crippen LogP contribution in [0.4, 0.5) is 14.5 Å². The number of benzene rings is 1. The van der Waals surface area contributed by atoms with Crippen molar-refractivity contribution in [3.63, 3.8) is 0 Å². The van der Waals surface area contributed by atoms with Gasteiger partial charge >= 0.3 is 5.69 Å². The van der Waals surface area contributed by atoms with Crippen molar-refractivity contribution < 1.29 is 13.7 Å². The van der Waals surface area contributed by atoms with Gasteiger partial charge in [0.05, 0.1) is 4.92 Å². The smallest absolute Gasteiger partial charge is 0.258 e. The molecule has 6 heteroatoms. The Morgan fingerprint density at radius 1 is 1.29 bits per heavy atom. The topological polar surface area (TPSA) is 43.1 Å². The molecule has 2 rings (SSSR count). The van der Waals surface area contributed by atoms with E-state index in [0.29, 0.717) is 0 Å². The average molecular weight is 215 g/mol. The predicted octanol–water partition coefficient (Wildman–Crippen LogP) is 3.09. The molecule has 1 aromatic heterocycles. The molecule has 0 saturated carbocycles. The van der Waals surface area contributed by atoms with E-state index in [1.807, 2.05) is 0 Å². The van der Waals surface area contributed by atoms with E-state index in [-0.39, 0.29) is 10.1 Å². The third-order valence-electron chi connectivity index (χ3n) is 1.80. The molecule has 0 unspecified atom stereocenters. The highest BCUT2D eigenvalue weighted by atomic mass is 32.1. The Hall–Kier alpha value is -1.56. The van der Waals surface area contributed by atoms with Gasteiger partial charge in [0.15, 0.2) is 0 Å². The lowest BCUT2D eigenvalue weighted by Gasteiger charge is -1.94. The van der Waals surface area contributed by atoms with Crippen molar-refractivity contribution in [1.82, 2.24) is 0 Å². The number of fused-ring (bicyclic) bond motifs is 1. The van der Waals surface area contributed by atoms with E-state index in [0.717, 1.165) is 22.8 Å². The van der Waals surface area contributed by atoms with Crippen LogP contribution in [0.3, 0.4) is 0 Å². The number of thiophene rings is 1. The lowest BCUT2D eigenvalue weighted by molar-refractivity contribution is -0.385. The van der Waals surface area contributed by atoms with Crippen molar-refractivity contribution in [3.05, 3.63) is 39.3 Å². The van der Waals surface area contributed by atoms with Gasteiger partial charge in [0, 0.05) is 10.8 Å². The first-order valence-electron chi connectivity index (χ1n) is 3.61. The number of nitro groups is 1. The Kier molecular flexibility index (Phi) is 1.92. The molecule has 0 radical (unpaired) electrons. The number of nitrogens with zero attached hydrogens (tertiary/aromatic N) is 1. The number of rotatable bonds is 1. The van der Waals surface area contributed by atoms with Crippen LogP contribution in [0.5, 0.6) is 0 Å².